The van der Waals surface area contributed by atoms with Gasteiger partial charge in [-0.3, -0.25) is 14.1 Å². The van der Waals surface area contributed by atoms with Crippen LogP contribution in [0.5, 0.6) is 0 Å². The summed E-state index contributed by atoms with van der Waals surface area (Å²) in [6, 6.07) is 1.80. The highest BCUT2D eigenvalue weighted by Gasteiger charge is 2.10. The van der Waals surface area contributed by atoms with Gasteiger partial charge in [0.1, 0.15) is 0 Å². The molecule has 1 aromatic rings. The molecule has 0 bridgehead atoms. The highest BCUT2D eigenvalue weighted by molar-refractivity contribution is 7.80. The van der Waals surface area contributed by atoms with Crippen molar-refractivity contribution in [3.05, 3.63) is 29.6 Å². The smallest absolute Gasteiger partial charge is 0.195 e. The Labute approximate surface area is 75.3 Å². The molecule has 0 N–H and O–H groups in total. The summed E-state index contributed by atoms with van der Waals surface area (Å²) in [5.74, 6) is -4.02. The zero-order chi connectivity index (χ0) is 7.72. The van der Waals surface area contributed by atoms with E-state index in [9.17, 15) is 13.2 Å². The fourth-order valence-electron chi connectivity index (χ4n) is 0.508. The summed E-state index contributed by atoms with van der Waals surface area (Å²) in [6.45, 7) is 0. The van der Waals surface area contributed by atoms with Crippen LogP contribution in [0.2, 0.25) is 0 Å². The average molecular weight is 223 g/mol. The first kappa shape index (κ1) is 17.9. The van der Waals surface area contributed by atoms with Gasteiger partial charge < -0.3 is 0 Å². The molecule has 0 atom stereocenters. The van der Waals surface area contributed by atoms with E-state index in [0.29, 0.717) is 0 Å². The topological polar surface area (TPSA) is 0 Å². The predicted molar refractivity (Wildman–Crippen MR) is 39.7 cm³/mol. The molecule has 1 radical (unpaired) electrons. The summed E-state index contributed by atoms with van der Waals surface area (Å²) in [7, 11) is 0. The molecule has 1 aromatic carbocycles. The van der Waals surface area contributed by atoms with Crippen LogP contribution in [0.3, 0.4) is 0 Å². The van der Waals surface area contributed by atoms with Gasteiger partial charge in [0.15, 0.2) is 17.5 Å². The second-order valence-corrected chi connectivity index (χ2v) is 2.11. The Hall–Kier alpha value is -0.980. The number of benzene rings is 1. The number of rotatable bonds is 0. The Morgan fingerprint density at radius 1 is 0.846 bits per heavy atom. The van der Waals surface area contributed by atoms with Crippen molar-refractivity contribution in [2.45, 2.75) is 4.90 Å². The molecule has 0 fully saturated rings. The minimum atomic E-state index is -1.51. The molecule has 77 valence electrons. The van der Waals surface area contributed by atoms with Crippen molar-refractivity contribution in [3.63, 3.8) is 0 Å². The molecule has 7 heteroatoms. The van der Waals surface area contributed by atoms with Crippen molar-refractivity contribution in [2.75, 3.05) is 0 Å². The van der Waals surface area contributed by atoms with Gasteiger partial charge in [-0.25, -0.2) is 13.2 Å². The molecule has 0 aliphatic heterocycles. The Morgan fingerprint density at radius 2 is 1.31 bits per heavy atom. The van der Waals surface area contributed by atoms with Crippen molar-refractivity contribution in [2.24, 2.45) is 0 Å². The second kappa shape index (κ2) is 6.53. The lowest BCUT2D eigenvalue weighted by molar-refractivity contribution is 0.435. The molecule has 0 aromatic heterocycles. The fraction of sp³-hybridized carbons (Fsp3) is 0. The third-order valence-corrected chi connectivity index (χ3v) is 1.32. The minimum absolute atomic E-state index is 0. The van der Waals surface area contributed by atoms with E-state index in [1.807, 2.05) is 0 Å². The normalized spacial score (nSPS) is 7.62. The van der Waals surface area contributed by atoms with Gasteiger partial charge in [0.25, 0.3) is 0 Å². The van der Waals surface area contributed by atoms with E-state index in [-0.39, 0.29) is 19.0 Å². The summed E-state index contributed by atoms with van der Waals surface area (Å²) in [4.78, 5) is -0.307. The number of halogens is 6. The number of hydrogen-bond acceptors (Lipinski definition) is 0. The third-order valence-electron chi connectivity index (χ3n) is 1.000. The SMILES string of the molecule is F.F.F.Fc1ccc([S])c(F)c1F. The van der Waals surface area contributed by atoms with E-state index < -0.39 is 17.5 Å². The Balaban J connectivity index is -0.000000333. The van der Waals surface area contributed by atoms with Crippen molar-refractivity contribution in [1.82, 2.24) is 0 Å². The molecule has 0 unspecified atom stereocenters. The van der Waals surface area contributed by atoms with Gasteiger partial charge in [0.05, 0.1) is 4.90 Å². The van der Waals surface area contributed by atoms with Gasteiger partial charge in [0.2, 0.25) is 0 Å². The van der Waals surface area contributed by atoms with Crippen molar-refractivity contribution >= 4 is 12.6 Å². The molecular weight excluding hydrogens is 218 g/mol. The van der Waals surface area contributed by atoms with E-state index in [0.717, 1.165) is 12.1 Å². The van der Waals surface area contributed by atoms with Gasteiger partial charge in [-0.2, -0.15) is 0 Å². The van der Waals surface area contributed by atoms with Crippen molar-refractivity contribution < 1.29 is 27.3 Å². The first-order valence-electron chi connectivity index (χ1n) is 2.43. The minimum Gasteiger partial charge on any atom is -0.269 e. The molecule has 0 saturated heterocycles. The van der Waals surface area contributed by atoms with E-state index in [2.05, 4.69) is 12.6 Å². The van der Waals surface area contributed by atoms with Crippen LogP contribution in [-0.2, 0) is 0 Å². The lowest BCUT2D eigenvalue weighted by atomic mass is 10.3. The molecule has 0 heterocycles. The molecule has 1 rings (SSSR count). The Bertz CT molecular complexity index is 237. The zero-order valence-corrected chi connectivity index (χ0v) is 6.74. The molecule has 13 heavy (non-hydrogen) atoms. The van der Waals surface area contributed by atoms with Crippen molar-refractivity contribution in [1.29, 1.82) is 0 Å². The monoisotopic (exact) mass is 223 g/mol. The summed E-state index contributed by atoms with van der Waals surface area (Å²) in [5, 5.41) is 0. The Morgan fingerprint density at radius 3 is 1.69 bits per heavy atom. The molecule has 0 spiro atoms. The van der Waals surface area contributed by atoms with E-state index in [1.54, 1.807) is 0 Å². The predicted octanol–water partition coefficient (Wildman–Crippen LogP) is 3.12. The van der Waals surface area contributed by atoms with Crippen molar-refractivity contribution in [3.8, 4) is 0 Å². The van der Waals surface area contributed by atoms with E-state index >= 15 is 0 Å². The van der Waals surface area contributed by atoms with E-state index in [4.69, 9.17) is 0 Å². The van der Waals surface area contributed by atoms with Gasteiger partial charge in [0, 0.05) is 0 Å². The largest absolute Gasteiger partial charge is 0.269 e. The highest BCUT2D eigenvalue weighted by atomic mass is 32.1. The standard InChI is InChI=1S/C6H2F3S.3FH/c7-3-1-2-4(10)6(9)5(3)8;;;/h1-2H;3*1H. The van der Waals surface area contributed by atoms with Crippen LogP contribution < -0.4 is 0 Å². The maximum atomic E-state index is 12.3. The maximum absolute atomic E-state index is 12.3. The second-order valence-electron chi connectivity index (χ2n) is 1.67. The van der Waals surface area contributed by atoms with E-state index in [1.165, 1.54) is 0 Å². The molecule has 0 amide bonds. The van der Waals surface area contributed by atoms with Crippen LogP contribution in [0, 0.1) is 17.5 Å². The lowest BCUT2D eigenvalue weighted by Crippen LogP contribution is -1.90. The van der Waals surface area contributed by atoms with Crippen LogP contribution in [-0.4, -0.2) is 0 Å². The third kappa shape index (κ3) is 3.49. The number of hydrogen-bond donors (Lipinski definition) is 0. The zero-order valence-electron chi connectivity index (χ0n) is 5.92. The lowest BCUT2D eigenvalue weighted by Gasteiger charge is -1.94. The summed E-state index contributed by atoms with van der Waals surface area (Å²) >= 11 is 4.32. The molecule has 0 nitrogen and oxygen atoms in total. The van der Waals surface area contributed by atoms with Crippen LogP contribution in [0.4, 0.5) is 27.3 Å². The van der Waals surface area contributed by atoms with Crippen LogP contribution >= 0.6 is 12.6 Å². The molecular formula is C6H5F6S. The molecule has 0 aliphatic rings. The summed E-state index contributed by atoms with van der Waals surface area (Å²) in [6.07, 6.45) is 0. The van der Waals surface area contributed by atoms with Crippen LogP contribution in [0.1, 0.15) is 0 Å². The maximum Gasteiger partial charge on any atom is 0.195 e. The average Bonchev–Trinajstić information content (AvgIpc) is 1.93. The molecule has 0 aliphatic carbocycles. The van der Waals surface area contributed by atoms with Crippen LogP contribution in [0.15, 0.2) is 17.0 Å². The van der Waals surface area contributed by atoms with Gasteiger partial charge in [-0.05, 0) is 12.1 Å². The first-order valence-corrected chi connectivity index (χ1v) is 2.84. The van der Waals surface area contributed by atoms with Gasteiger partial charge in [-0.15, -0.1) is 0 Å². The molecule has 0 saturated carbocycles. The highest BCUT2D eigenvalue weighted by Crippen LogP contribution is 2.17. The van der Waals surface area contributed by atoms with Gasteiger partial charge >= 0.3 is 0 Å². The first-order chi connectivity index (χ1) is 4.63. The summed E-state index contributed by atoms with van der Waals surface area (Å²) < 4.78 is 36.5. The van der Waals surface area contributed by atoms with Crippen LogP contribution in [0.25, 0.3) is 0 Å². The quantitative estimate of drug-likeness (QED) is 0.468. The van der Waals surface area contributed by atoms with Gasteiger partial charge in [-0.1, -0.05) is 12.6 Å². The Kier molecular flexibility index (Phi) is 9.01. The fourth-order valence-corrected chi connectivity index (χ4v) is 0.666. The summed E-state index contributed by atoms with van der Waals surface area (Å²) in [5.41, 5.74) is 0.